The minimum Gasteiger partial charge on any atom is -0.456 e. The molecule has 36 heavy (non-hydrogen) atoms. The van der Waals surface area contributed by atoms with E-state index in [1.54, 1.807) is 0 Å². The summed E-state index contributed by atoms with van der Waals surface area (Å²) in [5.41, 5.74) is 8.74. The Morgan fingerprint density at radius 3 is 2.19 bits per heavy atom. The lowest BCUT2D eigenvalue weighted by atomic mass is 9.82. The molecule has 0 unspecified atom stereocenters. The fraction of sp³-hybridized carbons (Fsp3) is 0.324. The van der Waals surface area contributed by atoms with Crippen LogP contribution in [0.1, 0.15) is 63.9 Å². The highest BCUT2D eigenvalue weighted by Crippen LogP contribution is 2.35. The molecule has 0 spiro atoms. The van der Waals surface area contributed by atoms with Crippen molar-refractivity contribution in [1.29, 1.82) is 0 Å². The molecule has 0 saturated heterocycles. The average Bonchev–Trinajstić information content (AvgIpc) is 3.21. The molecule has 184 valence electrons. The molecule has 2 heteroatoms. The van der Waals surface area contributed by atoms with Crippen LogP contribution in [0.15, 0.2) is 77.3 Å². The number of pyridine rings is 1. The molecule has 0 saturated carbocycles. The van der Waals surface area contributed by atoms with Gasteiger partial charge in [-0.25, -0.2) is 0 Å². The van der Waals surface area contributed by atoms with Gasteiger partial charge >= 0.3 is 0 Å². The summed E-state index contributed by atoms with van der Waals surface area (Å²) in [6.07, 6.45) is 3.28. The van der Waals surface area contributed by atoms with E-state index in [4.69, 9.17) is 4.42 Å². The SMILES string of the molecule is Cc1c(-[n+]2cc(-c3cc4cc(CC(C)(C)C)ccc4o3)ccc2C)cc(C(C)(C)C)c2ccccc12. The number of furan rings is 1. The van der Waals surface area contributed by atoms with Gasteiger partial charge in [0.15, 0.2) is 11.9 Å². The van der Waals surface area contributed by atoms with Crippen molar-refractivity contribution in [3.8, 4) is 17.0 Å². The number of hydrogen-bond acceptors (Lipinski definition) is 1. The number of rotatable bonds is 3. The summed E-state index contributed by atoms with van der Waals surface area (Å²) in [6, 6.07) is 24.3. The highest BCUT2D eigenvalue weighted by molar-refractivity contribution is 5.91. The zero-order chi connectivity index (χ0) is 25.8. The molecule has 2 heterocycles. The highest BCUT2D eigenvalue weighted by Gasteiger charge is 2.25. The number of fused-ring (bicyclic) bond motifs is 2. The van der Waals surface area contributed by atoms with Crippen LogP contribution in [0.5, 0.6) is 0 Å². The first-order chi connectivity index (χ1) is 16.9. The Labute approximate surface area is 215 Å². The lowest BCUT2D eigenvalue weighted by Gasteiger charge is -2.23. The number of benzene rings is 3. The monoisotopic (exact) mass is 476 g/mol. The van der Waals surface area contributed by atoms with Crippen molar-refractivity contribution in [2.45, 2.75) is 67.2 Å². The first-order valence-electron chi connectivity index (χ1n) is 13.0. The van der Waals surface area contributed by atoms with Crippen LogP contribution < -0.4 is 4.57 Å². The molecule has 0 radical (unpaired) electrons. The summed E-state index contributed by atoms with van der Waals surface area (Å²) in [4.78, 5) is 0. The van der Waals surface area contributed by atoms with Crippen LogP contribution in [-0.4, -0.2) is 0 Å². The molecule has 2 aromatic heterocycles. The minimum atomic E-state index is 0.0393. The molecule has 5 rings (SSSR count). The van der Waals surface area contributed by atoms with Gasteiger partial charge in [0.05, 0.1) is 5.56 Å². The molecule has 2 nitrogen and oxygen atoms in total. The van der Waals surface area contributed by atoms with Crippen LogP contribution in [0.2, 0.25) is 0 Å². The fourth-order valence-electron chi connectivity index (χ4n) is 5.31. The van der Waals surface area contributed by atoms with E-state index in [9.17, 15) is 0 Å². The standard InChI is InChI=1S/C34H38NO/c1-22-13-15-25(32-18-26-17-24(20-33(3,4)5)14-16-31(26)36-32)21-35(22)30-19-29(34(6,7)8)28-12-10-9-11-27(28)23(30)2/h9-19,21H,20H2,1-8H3/q+1. The largest absolute Gasteiger partial charge is 0.456 e. The molecule has 0 aliphatic rings. The van der Waals surface area contributed by atoms with Gasteiger partial charge in [-0.05, 0) is 70.3 Å². The third kappa shape index (κ3) is 4.57. The van der Waals surface area contributed by atoms with Gasteiger partial charge in [-0.3, -0.25) is 0 Å². The van der Waals surface area contributed by atoms with Crippen molar-refractivity contribution < 1.29 is 8.98 Å². The van der Waals surface area contributed by atoms with Gasteiger partial charge in [-0.1, -0.05) is 71.9 Å². The van der Waals surface area contributed by atoms with Crippen LogP contribution in [0.3, 0.4) is 0 Å². The van der Waals surface area contributed by atoms with Gasteiger partial charge in [0.2, 0.25) is 5.69 Å². The number of aromatic nitrogens is 1. The molecule has 0 fully saturated rings. The third-order valence-electron chi connectivity index (χ3n) is 7.11. The van der Waals surface area contributed by atoms with Gasteiger partial charge in [0, 0.05) is 30.0 Å². The molecule has 0 aliphatic carbocycles. The second-order valence-corrected chi connectivity index (χ2v) is 12.5. The number of aryl methyl sites for hydroxylation is 2. The maximum atomic E-state index is 6.34. The first kappa shape index (κ1) is 24.3. The molecule has 0 bridgehead atoms. The van der Waals surface area contributed by atoms with Crippen molar-refractivity contribution in [3.05, 3.63) is 95.3 Å². The lowest BCUT2D eigenvalue weighted by Crippen LogP contribution is -2.35. The van der Waals surface area contributed by atoms with Crippen molar-refractivity contribution in [3.63, 3.8) is 0 Å². The Hall–Kier alpha value is -3.39. The Balaban J connectivity index is 1.64. The molecule has 3 aromatic carbocycles. The van der Waals surface area contributed by atoms with Gasteiger partial charge in [-0.15, -0.1) is 0 Å². The summed E-state index contributed by atoms with van der Waals surface area (Å²) in [7, 11) is 0. The molecular weight excluding hydrogens is 438 g/mol. The molecule has 0 aliphatic heterocycles. The topological polar surface area (TPSA) is 17.0 Å². The molecule has 0 atom stereocenters. The predicted octanol–water partition coefficient (Wildman–Crippen LogP) is 9.03. The molecular formula is C34H38NO+. The number of nitrogens with zero attached hydrogens (tertiary/aromatic N) is 1. The van der Waals surface area contributed by atoms with Crippen LogP contribution in [0, 0.1) is 19.3 Å². The Morgan fingerprint density at radius 2 is 1.50 bits per heavy atom. The molecule has 0 amide bonds. The van der Waals surface area contributed by atoms with E-state index in [-0.39, 0.29) is 10.8 Å². The van der Waals surface area contributed by atoms with E-state index < -0.39 is 0 Å². The molecule has 0 N–H and O–H groups in total. The Kier molecular flexibility index (Phi) is 5.82. The van der Waals surface area contributed by atoms with Crippen LogP contribution in [-0.2, 0) is 11.8 Å². The Morgan fingerprint density at radius 1 is 0.778 bits per heavy atom. The van der Waals surface area contributed by atoms with E-state index >= 15 is 0 Å². The smallest absolute Gasteiger partial charge is 0.214 e. The van der Waals surface area contributed by atoms with E-state index in [0.717, 1.165) is 28.7 Å². The second kappa shape index (κ2) is 8.62. The quantitative estimate of drug-likeness (QED) is 0.237. The normalized spacial score (nSPS) is 12.6. The zero-order valence-electron chi connectivity index (χ0n) is 23.0. The lowest BCUT2D eigenvalue weighted by molar-refractivity contribution is -0.602. The summed E-state index contributed by atoms with van der Waals surface area (Å²) in [6.45, 7) is 18.1. The summed E-state index contributed by atoms with van der Waals surface area (Å²) < 4.78 is 8.66. The van der Waals surface area contributed by atoms with Crippen LogP contribution in [0.4, 0.5) is 0 Å². The van der Waals surface area contributed by atoms with Gasteiger partial charge in [-0.2, -0.15) is 4.57 Å². The van der Waals surface area contributed by atoms with Crippen molar-refractivity contribution in [1.82, 2.24) is 0 Å². The zero-order valence-corrected chi connectivity index (χ0v) is 23.0. The summed E-state index contributed by atoms with van der Waals surface area (Å²) >= 11 is 0. The maximum absolute atomic E-state index is 6.34. The average molecular weight is 477 g/mol. The molecule has 5 aromatic rings. The fourth-order valence-corrected chi connectivity index (χ4v) is 5.31. The second-order valence-electron chi connectivity index (χ2n) is 12.5. The van der Waals surface area contributed by atoms with Crippen molar-refractivity contribution in [2.75, 3.05) is 0 Å². The van der Waals surface area contributed by atoms with Crippen LogP contribution in [0.25, 0.3) is 38.8 Å². The highest BCUT2D eigenvalue weighted by atomic mass is 16.3. The predicted molar refractivity (Wildman–Crippen MR) is 152 cm³/mol. The van der Waals surface area contributed by atoms with E-state index in [1.807, 2.05) is 0 Å². The van der Waals surface area contributed by atoms with Gasteiger partial charge in [0.1, 0.15) is 11.3 Å². The van der Waals surface area contributed by atoms with Crippen LogP contribution >= 0.6 is 0 Å². The minimum absolute atomic E-state index is 0.0393. The third-order valence-corrected chi connectivity index (χ3v) is 7.11. The van der Waals surface area contributed by atoms with Gasteiger partial charge in [0.25, 0.3) is 0 Å². The summed E-state index contributed by atoms with van der Waals surface area (Å²) in [5, 5.41) is 3.81. The van der Waals surface area contributed by atoms with E-state index in [2.05, 4.69) is 133 Å². The van der Waals surface area contributed by atoms with Crippen molar-refractivity contribution >= 4 is 21.7 Å². The summed E-state index contributed by atoms with van der Waals surface area (Å²) in [5.74, 6) is 0.904. The van der Waals surface area contributed by atoms with E-state index in [0.29, 0.717) is 0 Å². The van der Waals surface area contributed by atoms with E-state index in [1.165, 1.54) is 38.8 Å². The maximum Gasteiger partial charge on any atom is 0.214 e. The van der Waals surface area contributed by atoms with Gasteiger partial charge < -0.3 is 4.42 Å². The van der Waals surface area contributed by atoms with Crippen molar-refractivity contribution in [2.24, 2.45) is 5.41 Å². The Bertz CT molecular complexity index is 1590. The number of hydrogen-bond donors (Lipinski definition) is 0. The first-order valence-corrected chi connectivity index (χ1v) is 13.0.